The largest absolute Gasteiger partial charge is 0.465 e. The van der Waals surface area contributed by atoms with Gasteiger partial charge in [0.15, 0.2) is 5.82 Å². The molecule has 0 unspecified atom stereocenters. The van der Waals surface area contributed by atoms with Crippen molar-refractivity contribution in [1.82, 2.24) is 5.16 Å². The topological polar surface area (TPSA) is 75.4 Å². The van der Waals surface area contributed by atoms with E-state index in [2.05, 4.69) is 10.5 Å². The summed E-state index contributed by atoms with van der Waals surface area (Å²) in [6, 6.07) is 9.34. The van der Waals surface area contributed by atoms with Crippen LogP contribution in [0.4, 0.5) is 10.6 Å². The van der Waals surface area contributed by atoms with E-state index in [-0.39, 0.29) is 5.82 Å². The van der Waals surface area contributed by atoms with Crippen LogP contribution in [0.1, 0.15) is 16.9 Å². The molecule has 0 saturated heterocycles. The lowest BCUT2D eigenvalue weighted by Gasteiger charge is -1.99. The summed E-state index contributed by atoms with van der Waals surface area (Å²) in [5.41, 5.74) is 2.09. The van der Waals surface area contributed by atoms with E-state index < -0.39 is 6.09 Å². The third kappa shape index (κ3) is 3.24. The van der Waals surface area contributed by atoms with Gasteiger partial charge in [0.05, 0.1) is 0 Å². The molecule has 0 aliphatic carbocycles. The van der Waals surface area contributed by atoms with Crippen molar-refractivity contribution in [2.75, 3.05) is 5.32 Å². The first-order valence-electron chi connectivity index (χ1n) is 5.26. The van der Waals surface area contributed by atoms with Gasteiger partial charge in [0.1, 0.15) is 5.76 Å². The van der Waals surface area contributed by atoms with Gasteiger partial charge in [-0.2, -0.15) is 0 Å². The molecule has 0 atom stereocenters. The van der Waals surface area contributed by atoms with Gasteiger partial charge >= 0.3 is 6.09 Å². The lowest BCUT2D eigenvalue weighted by molar-refractivity contribution is 0.209. The molecule has 6 heteroatoms. The first kappa shape index (κ1) is 12.4. The maximum Gasteiger partial charge on any atom is 0.410 e. The Morgan fingerprint density at radius 3 is 2.61 bits per heavy atom. The monoisotopic (exact) mass is 266 g/mol. The number of halogens is 1. The van der Waals surface area contributed by atoms with E-state index in [0.717, 1.165) is 11.1 Å². The minimum absolute atomic E-state index is 0.190. The molecule has 1 amide bonds. The molecule has 0 bridgehead atoms. The summed E-state index contributed by atoms with van der Waals surface area (Å²) in [4.78, 5) is 10.4. The fourth-order valence-electron chi connectivity index (χ4n) is 1.51. The molecule has 2 aromatic rings. The van der Waals surface area contributed by atoms with E-state index in [1.807, 2.05) is 24.3 Å². The minimum atomic E-state index is -1.17. The Balaban J connectivity index is 2.03. The first-order chi connectivity index (χ1) is 8.67. The van der Waals surface area contributed by atoms with Gasteiger partial charge < -0.3 is 9.63 Å². The second-order valence-electron chi connectivity index (χ2n) is 3.74. The number of nitrogens with zero attached hydrogens (tertiary/aromatic N) is 1. The van der Waals surface area contributed by atoms with Gasteiger partial charge in [-0.05, 0) is 11.1 Å². The highest BCUT2D eigenvalue weighted by atomic mass is 35.5. The van der Waals surface area contributed by atoms with Crippen molar-refractivity contribution in [1.29, 1.82) is 0 Å². The molecule has 5 nitrogen and oxygen atoms in total. The van der Waals surface area contributed by atoms with Crippen molar-refractivity contribution in [3.63, 3.8) is 0 Å². The van der Waals surface area contributed by atoms with Gasteiger partial charge in [-0.1, -0.05) is 29.4 Å². The zero-order valence-electron chi connectivity index (χ0n) is 9.39. The molecule has 2 rings (SSSR count). The maximum atomic E-state index is 10.4. The van der Waals surface area contributed by atoms with E-state index in [4.69, 9.17) is 21.2 Å². The van der Waals surface area contributed by atoms with Gasteiger partial charge in [-0.15, -0.1) is 11.6 Å². The summed E-state index contributed by atoms with van der Waals surface area (Å²) in [5, 5.41) is 14.2. The minimum Gasteiger partial charge on any atom is -0.465 e. The van der Waals surface area contributed by atoms with Crippen LogP contribution in [0.2, 0.25) is 0 Å². The molecule has 1 aromatic carbocycles. The van der Waals surface area contributed by atoms with E-state index >= 15 is 0 Å². The Morgan fingerprint density at radius 1 is 1.33 bits per heavy atom. The lowest BCUT2D eigenvalue weighted by atomic mass is 10.1. The maximum absolute atomic E-state index is 10.4. The average molecular weight is 267 g/mol. The van der Waals surface area contributed by atoms with Gasteiger partial charge in [0.2, 0.25) is 0 Å². The predicted octanol–water partition coefficient (Wildman–Crippen LogP) is 3.09. The number of rotatable bonds is 4. The van der Waals surface area contributed by atoms with E-state index in [9.17, 15) is 4.79 Å². The van der Waals surface area contributed by atoms with Crippen LogP contribution in [0.3, 0.4) is 0 Å². The third-order valence-electron chi connectivity index (χ3n) is 2.35. The molecule has 0 fully saturated rings. The normalized spacial score (nSPS) is 10.3. The van der Waals surface area contributed by atoms with Gasteiger partial charge in [0, 0.05) is 18.4 Å². The van der Waals surface area contributed by atoms with Gasteiger partial charge in [-0.3, -0.25) is 5.32 Å². The molecule has 1 aromatic heterocycles. The lowest BCUT2D eigenvalue weighted by Crippen LogP contribution is -2.06. The van der Waals surface area contributed by atoms with Crippen LogP contribution in [-0.2, 0) is 12.3 Å². The van der Waals surface area contributed by atoms with Crippen molar-refractivity contribution in [2.24, 2.45) is 0 Å². The van der Waals surface area contributed by atoms with E-state index in [1.54, 1.807) is 6.07 Å². The quantitative estimate of drug-likeness (QED) is 0.834. The number of alkyl halides is 1. The van der Waals surface area contributed by atoms with Crippen LogP contribution in [-0.4, -0.2) is 16.4 Å². The fraction of sp³-hybridized carbons (Fsp3) is 0.167. The van der Waals surface area contributed by atoms with Gasteiger partial charge in [-0.25, -0.2) is 4.79 Å². The molecule has 94 valence electrons. The second-order valence-corrected chi connectivity index (χ2v) is 4.00. The predicted molar refractivity (Wildman–Crippen MR) is 67.0 cm³/mol. The summed E-state index contributed by atoms with van der Waals surface area (Å²) in [5.74, 6) is 1.27. The number of aromatic nitrogens is 1. The van der Waals surface area contributed by atoms with Crippen molar-refractivity contribution < 1.29 is 14.4 Å². The number of carbonyl (C=O) groups is 1. The van der Waals surface area contributed by atoms with Crippen molar-refractivity contribution in [2.45, 2.75) is 12.3 Å². The number of hydrogen-bond acceptors (Lipinski definition) is 3. The molecule has 18 heavy (non-hydrogen) atoms. The molecule has 0 radical (unpaired) electrons. The Kier molecular flexibility index (Phi) is 3.84. The average Bonchev–Trinajstić information content (AvgIpc) is 2.76. The van der Waals surface area contributed by atoms with E-state index in [0.29, 0.717) is 18.1 Å². The summed E-state index contributed by atoms with van der Waals surface area (Å²) in [6.45, 7) is 0. The summed E-state index contributed by atoms with van der Waals surface area (Å²) < 4.78 is 5.02. The summed E-state index contributed by atoms with van der Waals surface area (Å²) in [7, 11) is 0. The van der Waals surface area contributed by atoms with Crippen LogP contribution < -0.4 is 5.32 Å². The van der Waals surface area contributed by atoms with Crippen LogP contribution in [0.15, 0.2) is 34.9 Å². The second kappa shape index (κ2) is 5.55. The molecule has 1 heterocycles. The number of benzene rings is 1. The van der Waals surface area contributed by atoms with Crippen molar-refractivity contribution in [3.8, 4) is 0 Å². The SMILES string of the molecule is O=C(O)Nc1cc(Cc2ccc(CCl)cc2)on1. The highest BCUT2D eigenvalue weighted by Crippen LogP contribution is 2.15. The van der Waals surface area contributed by atoms with Crippen LogP contribution in [0.25, 0.3) is 0 Å². The smallest absolute Gasteiger partial charge is 0.410 e. The van der Waals surface area contributed by atoms with Crippen LogP contribution in [0, 0.1) is 0 Å². The first-order valence-corrected chi connectivity index (χ1v) is 5.80. The van der Waals surface area contributed by atoms with Crippen LogP contribution in [0.5, 0.6) is 0 Å². The zero-order valence-corrected chi connectivity index (χ0v) is 10.1. The third-order valence-corrected chi connectivity index (χ3v) is 2.66. The van der Waals surface area contributed by atoms with Crippen LogP contribution >= 0.6 is 11.6 Å². The Hall–Kier alpha value is -2.01. The standard InChI is InChI=1S/C12H11ClN2O3/c13-7-9-3-1-8(2-4-9)5-10-6-11(15-18-10)14-12(16)17/h1-4,6H,5,7H2,(H,14,15)(H,16,17). The number of carboxylic acid groups (broad SMARTS) is 1. The highest BCUT2D eigenvalue weighted by molar-refractivity contribution is 6.17. The summed E-state index contributed by atoms with van der Waals surface area (Å²) >= 11 is 5.70. The number of hydrogen-bond donors (Lipinski definition) is 2. The molecular formula is C12H11ClN2O3. The Morgan fingerprint density at radius 2 is 2.00 bits per heavy atom. The number of amides is 1. The van der Waals surface area contributed by atoms with Crippen molar-refractivity contribution in [3.05, 3.63) is 47.2 Å². The summed E-state index contributed by atoms with van der Waals surface area (Å²) in [6.07, 6.45) is -0.613. The number of nitrogens with one attached hydrogen (secondary N) is 1. The highest BCUT2D eigenvalue weighted by Gasteiger charge is 2.07. The Labute approximate surface area is 108 Å². The van der Waals surface area contributed by atoms with Gasteiger partial charge in [0.25, 0.3) is 0 Å². The molecule has 0 aliphatic heterocycles. The molecule has 0 spiro atoms. The molecule has 2 N–H and O–H groups in total. The molecule has 0 aliphatic rings. The molecule has 0 saturated carbocycles. The number of anilines is 1. The Bertz CT molecular complexity index is 537. The van der Waals surface area contributed by atoms with Crippen molar-refractivity contribution >= 4 is 23.5 Å². The molecular weight excluding hydrogens is 256 g/mol. The zero-order chi connectivity index (χ0) is 13.0. The van der Waals surface area contributed by atoms with E-state index in [1.165, 1.54) is 0 Å². The fourth-order valence-corrected chi connectivity index (χ4v) is 1.69.